The first kappa shape index (κ1) is 28.4. The third-order valence-corrected chi connectivity index (χ3v) is 6.16. The zero-order valence-corrected chi connectivity index (χ0v) is 18.1. The molecule has 0 amide bonds. The van der Waals surface area contributed by atoms with E-state index in [0.29, 0.717) is 6.61 Å². The molecule has 0 heterocycles. The molecule has 0 aromatic heterocycles. The van der Waals surface area contributed by atoms with Crippen LogP contribution < -0.4 is 0 Å². The quantitative estimate of drug-likeness (QED) is 0.158. The van der Waals surface area contributed by atoms with Gasteiger partial charge >= 0.3 is 37.7 Å². The third kappa shape index (κ3) is 17.3. The van der Waals surface area contributed by atoms with E-state index in [4.69, 9.17) is 4.18 Å². The molecule has 1 rings (SSSR count). The monoisotopic (exact) mass is 438 g/mol. The van der Waals surface area contributed by atoms with Crippen molar-refractivity contribution in [2.75, 3.05) is 6.61 Å². The fraction of sp³-hybridized carbons (Fsp3) is 0.739. The molecule has 160 valence electrons. The van der Waals surface area contributed by atoms with Gasteiger partial charge in [-0.3, -0.25) is 4.18 Å². The van der Waals surface area contributed by atoms with Crippen molar-refractivity contribution >= 4 is 47.9 Å². The fourth-order valence-corrected chi connectivity index (χ4v) is 4.36. The Bertz CT molecular complexity index is 546. The second-order valence-electron chi connectivity index (χ2n) is 7.61. The summed E-state index contributed by atoms with van der Waals surface area (Å²) in [5.41, 5.74) is 0.776. The van der Waals surface area contributed by atoms with Gasteiger partial charge in [-0.1, -0.05) is 121 Å². The van der Waals surface area contributed by atoms with Gasteiger partial charge in [0, 0.05) is 0 Å². The number of hydrogen-bond donors (Lipinski definition) is 0. The van der Waals surface area contributed by atoms with Gasteiger partial charge in [-0.15, -0.1) is 0 Å². The number of rotatable bonds is 18. The van der Waals surface area contributed by atoms with E-state index in [1.54, 1.807) is 0 Å². The van der Waals surface area contributed by atoms with E-state index in [2.05, 4.69) is 6.92 Å². The molecule has 0 aliphatic rings. The van der Waals surface area contributed by atoms with Crippen LogP contribution in [-0.2, 0) is 20.1 Å². The topological polar surface area (TPSA) is 43.4 Å². The third-order valence-electron chi connectivity index (χ3n) is 4.95. The maximum atomic E-state index is 11.9. The van der Waals surface area contributed by atoms with E-state index in [1.165, 1.54) is 77.0 Å². The van der Waals surface area contributed by atoms with Gasteiger partial charge in [0.2, 0.25) is 0 Å². The SMILES string of the molecule is CCCCCCCCCCCCCCCCOS(=O)(=O)Cc1ccccc1.[CaH2]. The molecule has 0 unspecified atom stereocenters. The van der Waals surface area contributed by atoms with Crippen molar-refractivity contribution in [1.82, 2.24) is 0 Å². The number of unbranched alkanes of at least 4 members (excludes halogenated alkanes) is 13. The molecule has 0 radical (unpaired) electrons. The summed E-state index contributed by atoms with van der Waals surface area (Å²) in [6, 6.07) is 9.20. The van der Waals surface area contributed by atoms with Crippen LogP contribution in [0.3, 0.4) is 0 Å². The predicted molar refractivity (Wildman–Crippen MR) is 124 cm³/mol. The Morgan fingerprint density at radius 3 is 1.57 bits per heavy atom. The molecule has 1 aromatic rings. The molecular weight excluding hydrogens is 396 g/mol. The fourth-order valence-electron chi connectivity index (χ4n) is 3.30. The summed E-state index contributed by atoms with van der Waals surface area (Å²) in [4.78, 5) is 0. The van der Waals surface area contributed by atoms with Crippen molar-refractivity contribution < 1.29 is 12.6 Å². The van der Waals surface area contributed by atoms with Crippen molar-refractivity contribution in [2.45, 2.75) is 103 Å². The van der Waals surface area contributed by atoms with Gasteiger partial charge in [0.05, 0.1) is 6.61 Å². The summed E-state index contributed by atoms with van der Waals surface area (Å²) >= 11 is 0. The Labute approximate surface area is 204 Å². The Kier molecular flexibility index (Phi) is 19.6. The summed E-state index contributed by atoms with van der Waals surface area (Å²) in [6.07, 6.45) is 18.1. The van der Waals surface area contributed by atoms with Gasteiger partial charge < -0.3 is 0 Å². The van der Waals surface area contributed by atoms with E-state index >= 15 is 0 Å². The molecule has 0 N–H and O–H groups in total. The number of hydrogen-bond acceptors (Lipinski definition) is 3. The van der Waals surface area contributed by atoms with Crippen LogP contribution in [0, 0.1) is 0 Å². The van der Waals surface area contributed by atoms with Crippen LogP contribution in [0.4, 0.5) is 0 Å². The summed E-state index contributed by atoms with van der Waals surface area (Å²) in [7, 11) is -3.45. The predicted octanol–water partition coefficient (Wildman–Crippen LogP) is 6.10. The van der Waals surface area contributed by atoms with Crippen LogP contribution in [-0.4, -0.2) is 52.8 Å². The molecule has 0 saturated carbocycles. The summed E-state index contributed by atoms with van der Waals surface area (Å²) < 4.78 is 28.9. The summed E-state index contributed by atoms with van der Waals surface area (Å²) in [5.74, 6) is -0.0353. The number of benzene rings is 1. The molecule has 3 nitrogen and oxygen atoms in total. The molecule has 0 atom stereocenters. The van der Waals surface area contributed by atoms with Crippen LogP contribution in [0.5, 0.6) is 0 Å². The molecule has 0 fully saturated rings. The zero-order valence-electron chi connectivity index (χ0n) is 17.3. The minimum atomic E-state index is -3.45. The standard InChI is InChI=1S/C23H40O3S.Ca.2H/c1-2-3-4-5-6-7-8-9-10-11-12-13-14-18-21-26-27(24,25)22-23-19-16-15-17-20-23;;;/h15-17,19-20H,2-14,18,21-22H2,1H3;;;. The average molecular weight is 439 g/mol. The molecule has 5 heteroatoms. The van der Waals surface area contributed by atoms with Crippen molar-refractivity contribution in [3.63, 3.8) is 0 Å². The van der Waals surface area contributed by atoms with Gasteiger partial charge in [0.15, 0.2) is 0 Å². The van der Waals surface area contributed by atoms with Crippen LogP contribution in [0.1, 0.15) is 102 Å². The molecular formula is C23H42CaO3S. The van der Waals surface area contributed by atoms with Crippen molar-refractivity contribution in [2.24, 2.45) is 0 Å². The maximum absolute atomic E-state index is 11.9. The van der Waals surface area contributed by atoms with Crippen molar-refractivity contribution in [3.05, 3.63) is 35.9 Å². The van der Waals surface area contributed by atoms with Gasteiger partial charge in [-0.25, -0.2) is 0 Å². The van der Waals surface area contributed by atoms with Crippen molar-refractivity contribution in [1.29, 1.82) is 0 Å². The molecule has 1 aromatic carbocycles. The van der Waals surface area contributed by atoms with E-state index in [9.17, 15) is 8.42 Å². The van der Waals surface area contributed by atoms with Crippen LogP contribution >= 0.6 is 0 Å². The van der Waals surface area contributed by atoms with Gasteiger partial charge in [0.1, 0.15) is 5.75 Å². The Morgan fingerprint density at radius 1 is 0.679 bits per heavy atom. The molecule has 0 bridgehead atoms. The van der Waals surface area contributed by atoms with E-state index in [-0.39, 0.29) is 43.5 Å². The molecule has 0 spiro atoms. The van der Waals surface area contributed by atoms with Gasteiger partial charge in [-0.05, 0) is 12.0 Å². The zero-order chi connectivity index (χ0) is 19.6. The van der Waals surface area contributed by atoms with Crippen LogP contribution in [0.15, 0.2) is 30.3 Å². The second-order valence-corrected chi connectivity index (χ2v) is 9.25. The molecule has 0 saturated heterocycles. The normalized spacial score (nSPS) is 11.3. The van der Waals surface area contributed by atoms with Gasteiger partial charge in [0.25, 0.3) is 10.1 Å². The molecule has 28 heavy (non-hydrogen) atoms. The van der Waals surface area contributed by atoms with Crippen LogP contribution in [0.25, 0.3) is 0 Å². The molecule has 0 aliphatic heterocycles. The summed E-state index contributed by atoms with van der Waals surface area (Å²) in [6.45, 7) is 2.58. The first-order chi connectivity index (χ1) is 13.1. The first-order valence-corrected chi connectivity index (χ1v) is 12.6. The second kappa shape index (κ2) is 19.4. The van der Waals surface area contributed by atoms with E-state index < -0.39 is 10.1 Å². The Hall–Kier alpha value is 0.390. The van der Waals surface area contributed by atoms with Crippen LogP contribution in [0.2, 0.25) is 0 Å². The van der Waals surface area contributed by atoms with Crippen molar-refractivity contribution in [3.8, 4) is 0 Å². The Balaban J connectivity index is 0.00000729. The average Bonchev–Trinajstić information content (AvgIpc) is 2.65. The van der Waals surface area contributed by atoms with E-state index in [1.807, 2.05) is 30.3 Å². The van der Waals surface area contributed by atoms with E-state index in [0.717, 1.165) is 18.4 Å². The minimum absolute atomic E-state index is 0. The van der Waals surface area contributed by atoms with Gasteiger partial charge in [-0.2, -0.15) is 8.42 Å². The summed E-state index contributed by atoms with van der Waals surface area (Å²) in [5, 5.41) is 0. The Morgan fingerprint density at radius 2 is 1.11 bits per heavy atom. The molecule has 0 aliphatic carbocycles. The first-order valence-electron chi connectivity index (χ1n) is 11.0.